The van der Waals surface area contributed by atoms with Gasteiger partial charge >= 0.3 is 12.2 Å². The number of hydrogen-bond donors (Lipinski definition) is 0. The SMILES string of the molecule is C=CCN(C(=O)OC(C)(C)C)/C(=N\C(=O)OC(C)(C)C)N(CC=C)c1ccccc1. The van der Waals surface area contributed by atoms with E-state index < -0.39 is 23.4 Å². The number of carbonyl (C=O) groups is 2. The molecule has 1 aromatic carbocycles. The standard InChI is InChI=1S/C23H33N3O4/c1-9-16-25(18-14-12-11-13-15-18)19(24-20(27)29-22(3,4)5)26(17-10-2)21(28)30-23(6,7)8/h9-15H,1-2,16-17H2,3-8H3/b24-19-. The minimum atomic E-state index is -0.819. The normalized spacial score (nSPS) is 12.0. The van der Waals surface area contributed by atoms with Crippen molar-refractivity contribution in [1.29, 1.82) is 0 Å². The van der Waals surface area contributed by atoms with Gasteiger partial charge in [-0.2, -0.15) is 0 Å². The smallest absolute Gasteiger partial charge is 0.437 e. The molecule has 164 valence electrons. The zero-order valence-electron chi connectivity index (χ0n) is 18.8. The van der Waals surface area contributed by atoms with Crippen LogP contribution in [-0.2, 0) is 9.47 Å². The Morgan fingerprint density at radius 2 is 1.47 bits per heavy atom. The Hall–Kier alpha value is -3.09. The van der Waals surface area contributed by atoms with Crippen LogP contribution in [0.25, 0.3) is 0 Å². The van der Waals surface area contributed by atoms with Gasteiger partial charge in [-0.1, -0.05) is 30.4 Å². The van der Waals surface area contributed by atoms with Crippen molar-refractivity contribution in [2.24, 2.45) is 4.99 Å². The van der Waals surface area contributed by atoms with Crippen LogP contribution in [0.5, 0.6) is 0 Å². The van der Waals surface area contributed by atoms with Crippen molar-refractivity contribution in [2.75, 3.05) is 18.0 Å². The minimum absolute atomic E-state index is 0.0597. The van der Waals surface area contributed by atoms with Crippen molar-refractivity contribution in [2.45, 2.75) is 52.7 Å². The zero-order valence-corrected chi connectivity index (χ0v) is 18.8. The quantitative estimate of drug-likeness (QED) is 0.366. The van der Waals surface area contributed by atoms with E-state index in [0.717, 1.165) is 5.69 Å². The lowest BCUT2D eigenvalue weighted by atomic mass is 10.2. The molecule has 0 unspecified atom stereocenters. The molecule has 0 aliphatic rings. The maximum Gasteiger partial charge on any atom is 0.437 e. The van der Waals surface area contributed by atoms with Crippen molar-refractivity contribution in [3.63, 3.8) is 0 Å². The number of amides is 2. The van der Waals surface area contributed by atoms with Gasteiger partial charge in [-0.25, -0.2) is 14.5 Å². The van der Waals surface area contributed by atoms with Gasteiger partial charge in [0.25, 0.3) is 0 Å². The average Bonchev–Trinajstić information content (AvgIpc) is 2.60. The molecule has 1 aromatic rings. The van der Waals surface area contributed by atoms with Crippen LogP contribution in [0.4, 0.5) is 15.3 Å². The monoisotopic (exact) mass is 415 g/mol. The molecule has 7 nitrogen and oxygen atoms in total. The predicted molar refractivity (Wildman–Crippen MR) is 121 cm³/mol. The molecule has 0 saturated carbocycles. The highest BCUT2D eigenvalue weighted by Crippen LogP contribution is 2.19. The van der Waals surface area contributed by atoms with Gasteiger partial charge in [0.15, 0.2) is 0 Å². The molecule has 1 rings (SSSR count). The Bertz CT molecular complexity index is 774. The van der Waals surface area contributed by atoms with Crippen LogP contribution in [0, 0.1) is 0 Å². The molecule has 0 heterocycles. The third-order valence-corrected chi connectivity index (χ3v) is 3.37. The van der Waals surface area contributed by atoms with Crippen LogP contribution in [0.15, 0.2) is 60.6 Å². The number of rotatable bonds is 5. The number of guanidine groups is 1. The second-order valence-electron chi connectivity index (χ2n) is 8.51. The van der Waals surface area contributed by atoms with E-state index in [2.05, 4.69) is 18.2 Å². The van der Waals surface area contributed by atoms with Crippen LogP contribution < -0.4 is 4.90 Å². The van der Waals surface area contributed by atoms with E-state index in [0.29, 0.717) is 6.54 Å². The summed E-state index contributed by atoms with van der Waals surface area (Å²) in [4.78, 5) is 32.6. The highest BCUT2D eigenvalue weighted by Gasteiger charge is 2.30. The molecule has 0 bridgehead atoms. The zero-order chi connectivity index (χ0) is 22.9. The topological polar surface area (TPSA) is 71.4 Å². The van der Waals surface area contributed by atoms with Crippen molar-refractivity contribution in [3.8, 4) is 0 Å². The maximum atomic E-state index is 13.0. The molecule has 0 fully saturated rings. The highest BCUT2D eigenvalue weighted by molar-refractivity contribution is 6.07. The summed E-state index contributed by atoms with van der Waals surface area (Å²) < 4.78 is 10.9. The van der Waals surface area contributed by atoms with E-state index >= 15 is 0 Å². The molecule has 0 spiro atoms. The van der Waals surface area contributed by atoms with Crippen molar-refractivity contribution in [3.05, 3.63) is 55.6 Å². The molecule has 7 heteroatoms. The molecule has 0 aliphatic carbocycles. The lowest BCUT2D eigenvalue weighted by molar-refractivity contribution is 0.0380. The number of carbonyl (C=O) groups excluding carboxylic acids is 2. The number of para-hydroxylation sites is 1. The highest BCUT2D eigenvalue weighted by atomic mass is 16.6. The van der Waals surface area contributed by atoms with E-state index in [9.17, 15) is 9.59 Å². The summed E-state index contributed by atoms with van der Waals surface area (Å²) in [6.07, 6.45) is 1.71. The van der Waals surface area contributed by atoms with Crippen molar-refractivity contribution < 1.29 is 19.1 Å². The van der Waals surface area contributed by atoms with Gasteiger partial charge in [-0.15, -0.1) is 18.2 Å². The molecule has 0 aliphatic heterocycles. The first-order chi connectivity index (χ1) is 13.9. The van der Waals surface area contributed by atoms with Gasteiger partial charge in [0.05, 0.1) is 0 Å². The van der Waals surface area contributed by atoms with Gasteiger partial charge < -0.3 is 14.4 Å². The van der Waals surface area contributed by atoms with Crippen LogP contribution in [0.3, 0.4) is 0 Å². The molecular formula is C23H33N3O4. The Labute approximate surface area is 179 Å². The van der Waals surface area contributed by atoms with Gasteiger partial charge in [0.2, 0.25) is 5.96 Å². The minimum Gasteiger partial charge on any atom is -0.443 e. The molecule has 30 heavy (non-hydrogen) atoms. The number of hydrogen-bond acceptors (Lipinski definition) is 4. The molecule has 0 atom stereocenters. The van der Waals surface area contributed by atoms with Gasteiger partial charge in [0.1, 0.15) is 11.2 Å². The van der Waals surface area contributed by atoms with E-state index in [1.165, 1.54) is 11.0 Å². The second-order valence-corrected chi connectivity index (χ2v) is 8.51. The largest absolute Gasteiger partial charge is 0.443 e. The number of aliphatic imine (C=N–C) groups is 1. The number of benzene rings is 1. The maximum absolute atomic E-state index is 13.0. The molecular weight excluding hydrogens is 382 g/mol. The van der Waals surface area contributed by atoms with E-state index in [-0.39, 0.29) is 12.5 Å². The van der Waals surface area contributed by atoms with Crippen molar-refractivity contribution >= 4 is 23.8 Å². The first-order valence-corrected chi connectivity index (χ1v) is 9.74. The fourth-order valence-electron chi connectivity index (χ4n) is 2.36. The third kappa shape index (κ3) is 8.51. The fraction of sp³-hybridized carbons (Fsp3) is 0.435. The van der Waals surface area contributed by atoms with Crippen molar-refractivity contribution in [1.82, 2.24) is 4.90 Å². The number of ether oxygens (including phenoxy) is 2. The van der Waals surface area contributed by atoms with Gasteiger partial charge in [-0.05, 0) is 53.7 Å². The predicted octanol–water partition coefficient (Wildman–Crippen LogP) is 5.39. The van der Waals surface area contributed by atoms with Gasteiger partial charge in [0, 0.05) is 18.8 Å². The van der Waals surface area contributed by atoms with Crippen LogP contribution >= 0.6 is 0 Å². The molecule has 0 radical (unpaired) electrons. The summed E-state index contributed by atoms with van der Waals surface area (Å²) >= 11 is 0. The third-order valence-electron chi connectivity index (χ3n) is 3.37. The average molecular weight is 416 g/mol. The summed E-state index contributed by atoms with van der Waals surface area (Å²) in [5.74, 6) is 0.0597. The van der Waals surface area contributed by atoms with Gasteiger partial charge in [-0.3, -0.25) is 0 Å². The Morgan fingerprint density at radius 1 is 0.933 bits per heavy atom. The Balaban J connectivity index is 3.55. The second kappa shape index (κ2) is 10.6. The van der Waals surface area contributed by atoms with Crippen LogP contribution in [-0.4, -0.2) is 47.3 Å². The number of anilines is 1. The summed E-state index contributed by atoms with van der Waals surface area (Å²) in [5.41, 5.74) is -0.752. The summed E-state index contributed by atoms with van der Waals surface area (Å²) in [6, 6.07) is 9.25. The fourth-order valence-corrected chi connectivity index (χ4v) is 2.36. The Morgan fingerprint density at radius 3 is 1.93 bits per heavy atom. The van der Waals surface area contributed by atoms with Crippen LogP contribution in [0.2, 0.25) is 0 Å². The summed E-state index contributed by atoms with van der Waals surface area (Å²) in [6.45, 7) is 18.4. The summed E-state index contributed by atoms with van der Waals surface area (Å²) in [7, 11) is 0. The first-order valence-electron chi connectivity index (χ1n) is 9.74. The number of nitrogens with zero attached hydrogens (tertiary/aromatic N) is 3. The van der Waals surface area contributed by atoms with E-state index in [1.807, 2.05) is 30.3 Å². The van der Waals surface area contributed by atoms with Crippen LogP contribution in [0.1, 0.15) is 41.5 Å². The molecule has 0 saturated heterocycles. The lowest BCUT2D eigenvalue weighted by Crippen LogP contribution is -2.50. The molecule has 0 N–H and O–H groups in total. The Kier molecular flexibility index (Phi) is 8.83. The first kappa shape index (κ1) is 24.9. The van der Waals surface area contributed by atoms with E-state index in [1.54, 1.807) is 52.5 Å². The summed E-state index contributed by atoms with van der Waals surface area (Å²) in [5, 5.41) is 0. The molecule has 0 aromatic heterocycles. The lowest BCUT2D eigenvalue weighted by Gasteiger charge is -2.33. The molecule has 2 amide bonds. The van der Waals surface area contributed by atoms with E-state index in [4.69, 9.17) is 9.47 Å².